The Labute approximate surface area is 609 Å². The summed E-state index contributed by atoms with van der Waals surface area (Å²) >= 11 is 0. The SMILES string of the molecule is CCCCC/C=C\C/C=C\CCCCCCCC(=O)OC[C@H](COP(=O)(O)OC[C@@H](O)COP(=O)(O)OC[C@@H](COC(=O)CCCCCCCCC/C=C\CCCCCC)OC(=O)CCCCCCC/C=C\CCCCCCCC)OC(=O)CCCCCCC/C=C\C/C=C\CCCCC. The molecule has 19 heteroatoms. The Balaban J connectivity index is 5.36. The van der Waals surface area contributed by atoms with Crippen LogP contribution in [0.4, 0.5) is 0 Å². The zero-order chi connectivity index (χ0) is 73.2. The van der Waals surface area contributed by atoms with E-state index >= 15 is 0 Å². The molecule has 0 aromatic rings. The van der Waals surface area contributed by atoms with Crippen LogP contribution < -0.4 is 0 Å². The van der Waals surface area contributed by atoms with Crippen molar-refractivity contribution < 1.29 is 80.2 Å². The van der Waals surface area contributed by atoms with Crippen LogP contribution in [0.3, 0.4) is 0 Å². The Kier molecular flexibility index (Phi) is 71.2. The fourth-order valence-corrected chi connectivity index (χ4v) is 12.5. The number of carbonyl (C=O) groups excluding carboxylic acids is 4. The van der Waals surface area contributed by atoms with Crippen molar-refractivity contribution >= 4 is 39.5 Å². The van der Waals surface area contributed by atoms with Crippen LogP contribution in [-0.2, 0) is 65.4 Å². The molecular weight excluding hydrogens is 1310 g/mol. The summed E-state index contributed by atoms with van der Waals surface area (Å²) in [6.07, 6.45) is 74.4. The van der Waals surface area contributed by atoms with Gasteiger partial charge in [0.2, 0.25) is 0 Å². The molecule has 3 N–H and O–H groups in total. The lowest BCUT2D eigenvalue weighted by atomic mass is 10.1. The molecule has 0 aromatic heterocycles. The number of phosphoric acid groups is 2. The maximum Gasteiger partial charge on any atom is 0.472 e. The van der Waals surface area contributed by atoms with Crippen molar-refractivity contribution in [1.82, 2.24) is 0 Å². The van der Waals surface area contributed by atoms with E-state index in [-0.39, 0.29) is 25.7 Å². The number of aliphatic hydroxyl groups is 1. The molecule has 5 atom stereocenters. The predicted octanol–water partition coefficient (Wildman–Crippen LogP) is 23.2. The van der Waals surface area contributed by atoms with Crippen LogP contribution in [-0.4, -0.2) is 96.7 Å². The number of rotatable bonds is 76. The first kappa shape index (κ1) is 96.5. The Morgan fingerprint density at radius 1 is 0.280 bits per heavy atom. The summed E-state index contributed by atoms with van der Waals surface area (Å²) in [4.78, 5) is 73.0. The number of hydrogen-bond donors (Lipinski definition) is 3. The second-order valence-electron chi connectivity index (χ2n) is 27.0. The van der Waals surface area contributed by atoms with Gasteiger partial charge in [-0.1, -0.05) is 268 Å². The second-order valence-corrected chi connectivity index (χ2v) is 29.9. The molecule has 0 radical (unpaired) electrons. The lowest BCUT2D eigenvalue weighted by Crippen LogP contribution is -2.30. The van der Waals surface area contributed by atoms with Crippen molar-refractivity contribution in [1.29, 1.82) is 0 Å². The molecule has 0 aliphatic rings. The first-order valence-corrected chi connectivity index (χ1v) is 43.2. The summed E-state index contributed by atoms with van der Waals surface area (Å²) in [5.74, 6) is -2.19. The number of phosphoric ester groups is 2. The van der Waals surface area contributed by atoms with Gasteiger partial charge in [0.1, 0.15) is 19.3 Å². The zero-order valence-electron chi connectivity index (χ0n) is 63.6. The average molecular weight is 1450 g/mol. The molecule has 0 saturated heterocycles. The van der Waals surface area contributed by atoms with E-state index in [2.05, 4.69) is 101 Å². The maximum atomic E-state index is 13.1. The summed E-state index contributed by atoms with van der Waals surface area (Å²) in [5, 5.41) is 10.6. The van der Waals surface area contributed by atoms with E-state index in [9.17, 15) is 43.2 Å². The molecule has 0 aliphatic carbocycles. The van der Waals surface area contributed by atoms with Gasteiger partial charge < -0.3 is 33.8 Å². The predicted molar refractivity (Wildman–Crippen MR) is 409 cm³/mol. The van der Waals surface area contributed by atoms with Crippen molar-refractivity contribution in [3.8, 4) is 0 Å². The standard InChI is InChI=1S/C81H146O17P2/c1-5-9-13-17-21-25-29-33-37-41-45-49-53-57-61-65-78(83)91-71-76(97-80(85)67-63-59-55-51-47-43-39-35-31-27-23-19-15-11-7-3)73-95-99(87,88)93-69-75(82)70-94-100(89,90)96-74-77(98-81(86)68-64-60-56-52-48-44-40-36-32-28-24-20-16-12-8-4)72-92-79(84)66-62-58-54-50-46-42-38-34-30-26-22-18-14-10-6-2/h21,23,25-27,30,33,35-37,39-40,75-77,82H,5-20,22,24,28-29,31-32,34,38,41-74H2,1-4H3,(H,87,88)(H,89,90)/b25-21-,27-23-,30-26-,37-33-,39-35-,40-36-/t75-,76-,77-/m1/s1. The molecule has 0 aromatic carbocycles. The summed E-state index contributed by atoms with van der Waals surface area (Å²) in [7, 11) is -9.95. The molecular formula is C81H146O17P2. The van der Waals surface area contributed by atoms with Crippen molar-refractivity contribution in [2.24, 2.45) is 0 Å². The highest BCUT2D eigenvalue weighted by Crippen LogP contribution is 2.45. The highest BCUT2D eigenvalue weighted by atomic mass is 31.2. The minimum absolute atomic E-state index is 0.0780. The summed E-state index contributed by atoms with van der Waals surface area (Å²) < 4.78 is 68.6. The Hall–Kier alpha value is -3.50. The minimum atomic E-state index is -4.98. The molecule has 0 fully saturated rings. The fraction of sp³-hybridized carbons (Fsp3) is 0.802. The number of carbonyl (C=O) groups is 4. The summed E-state index contributed by atoms with van der Waals surface area (Å²) in [6, 6.07) is 0. The van der Waals surface area contributed by atoms with E-state index in [1.807, 2.05) is 0 Å². The number of allylic oxidation sites excluding steroid dienone is 12. The van der Waals surface area contributed by atoms with Gasteiger partial charge in [-0.3, -0.25) is 37.3 Å². The van der Waals surface area contributed by atoms with Crippen molar-refractivity contribution in [2.45, 2.75) is 380 Å². The maximum absolute atomic E-state index is 13.1. The third-order valence-electron chi connectivity index (χ3n) is 17.1. The van der Waals surface area contributed by atoms with Crippen molar-refractivity contribution in [3.63, 3.8) is 0 Å². The van der Waals surface area contributed by atoms with E-state index < -0.39 is 97.5 Å². The molecule has 0 bridgehead atoms. The van der Waals surface area contributed by atoms with E-state index in [4.69, 9.17) is 37.0 Å². The van der Waals surface area contributed by atoms with Gasteiger partial charge in [0, 0.05) is 25.7 Å². The summed E-state index contributed by atoms with van der Waals surface area (Å²) in [6.45, 7) is 4.82. The lowest BCUT2D eigenvalue weighted by Gasteiger charge is -2.21. The van der Waals surface area contributed by atoms with Crippen LogP contribution >= 0.6 is 15.6 Å². The highest BCUT2D eigenvalue weighted by Gasteiger charge is 2.30. The number of aliphatic hydroxyl groups excluding tert-OH is 1. The quantitative estimate of drug-likeness (QED) is 0.0169. The first-order valence-electron chi connectivity index (χ1n) is 40.2. The van der Waals surface area contributed by atoms with Crippen LogP contribution in [0.25, 0.3) is 0 Å². The molecule has 0 amide bonds. The molecule has 582 valence electrons. The molecule has 0 spiro atoms. The second kappa shape index (κ2) is 73.8. The van der Waals surface area contributed by atoms with Gasteiger partial charge in [-0.25, -0.2) is 9.13 Å². The third-order valence-corrected chi connectivity index (χ3v) is 19.0. The lowest BCUT2D eigenvalue weighted by molar-refractivity contribution is -0.161. The van der Waals surface area contributed by atoms with Gasteiger partial charge in [-0.2, -0.15) is 0 Å². The number of hydrogen-bond acceptors (Lipinski definition) is 15. The van der Waals surface area contributed by atoms with Crippen LogP contribution in [0, 0.1) is 0 Å². The highest BCUT2D eigenvalue weighted by molar-refractivity contribution is 7.47. The Bertz CT molecular complexity index is 2180. The topological polar surface area (TPSA) is 237 Å². The molecule has 2 unspecified atom stereocenters. The van der Waals surface area contributed by atoms with Crippen molar-refractivity contribution in [3.05, 3.63) is 72.9 Å². The Morgan fingerprint density at radius 3 is 0.780 bits per heavy atom. The van der Waals surface area contributed by atoms with Crippen LogP contribution in [0.5, 0.6) is 0 Å². The van der Waals surface area contributed by atoms with E-state index in [0.717, 1.165) is 167 Å². The van der Waals surface area contributed by atoms with Gasteiger partial charge >= 0.3 is 39.5 Å². The molecule has 0 aliphatic heterocycles. The van der Waals surface area contributed by atoms with Gasteiger partial charge in [0.05, 0.1) is 26.4 Å². The van der Waals surface area contributed by atoms with Crippen LogP contribution in [0.2, 0.25) is 0 Å². The third kappa shape index (κ3) is 72.8. The fourth-order valence-electron chi connectivity index (χ4n) is 10.9. The number of esters is 4. The van der Waals surface area contributed by atoms with Crippen LogP contribution in [0.1, 0.15) is 362 Å². The van der Waals surface area contributed by atoms with E-state index in [1.165, 1.54) is 116 Å². The van der Waals surface area contributed by atoms with Crippen molar-refractivity contribution in [2.75, 3.05) is 39.6 Å². The molecule has 17 nitrogen and oxygen atoms in total. The molecule has 0 saturated carbocycles. The van der Waals surface area contributed by atoms with Gasteiger partial charge in [-0.15, -0.1) is 0 Å². The van der Waals surface area contributed by atoms with Gasteiger partial charge in [-0.05, 0) is 141 Å². The van der Waals surface area contributed by atoms with Crippen LogP contribution in [0.15, 0.2) is 72.9 Å². The van der Waals surface area contributed by atoms with E-state index in [0.29, 0.717) is 25.7 Å². The van der Waals surface area contributed by atoms with Gasteiger partial charge in [0.25, 0.3) is 0 Å². The van der Waals surface area contributed by atoms with E-state index in [1.54, 1.807) is 0 Å². The largest absolute Gasteiger partial charge is 0.472 e. The molecule has 100 heavy (non-hydrogen) atoms. The monoisotopic (exact) mass is 1450 g/mol. The summed E-state index contributed by atoms with van der Waals surface area (Å²) in [5.41, 5.74) is 0. The zero-order valence-corrected chi connectivity index (χ0v) is 65.4. The minimum Gasteiger partial charge on any atom is -0.462 e. The molecule has 0 heterocycles. The number of unbranched alkanes of at least 4 members (excludes halogenated alkanes) is 38. The smallest absolute Gasteiger partial charge is 0.462 e. The van der Waals surface area contributed by atoms with Gasteiger partial charge in [0.15, 0.2) is 12.2 Å². The Morgan fingerprint density at radius 2 is 0.490 bits per heavy atom. The number of ether oxygens (including phenoxy) is 4. The molecule has 0 rings (SSSR count). The average Bonchev–Trinajstić information content (AvgIpc) is 1.01. The normalized spacial score (nSPS) is 14.3. The first-order chi connectivity index (χ1) is 48.7.